The van der Waals surface area contributed by atoms with E-state index >= 15 is 0 Å². The first kappa shape index (κ1) is 20.5. The molecule has 2 atom stereocenters. The average molecular weight is 412 g/mol. The summed E-state index contributed by atoms with van der Waals surface area (Å²) >= 11 is 1.77. The Balaban J connectivity index is 1.44. The third-order valence-electron chi connectivity index (χ3n) is 5.74. The third kappa shape index (κ3) is 5.21. The molecule has 0 bridgehead atoms. The van der Waals surface area contributed by atoms with Gasteiger partial charge in [-0.25, -0.2) is 10.3 Å². The Labute approximate surface area is 177 Å². The van der Waals surface area contributed by atoms with Crippen LogP contribution in [0.1, 0.15) is 44.1 Å². The van der Waals surface area contributed by atoms with Crippen LogP contribution in [-0.2, 0) is 20.8 Å². The first-order valence-corrected chi connectivity index (χ1v) is 11.6. The summed E-state index contributed by atoms with van der Waals surface area (Å²) in [6.45, 7) is 0.703. The fourth-order valence-corrected chi connectivity index (χ4v) is 5.51. The highest BCUT2D eigenvalue weighted by atomic mass is 32.2. The number of carbonyl (C=O) groups excluding carboxylic acids is 1. The Morgan fingerprint density at radius 2 is 1.83 bits per heavy atom. The van der Waals surface area contributed by atoms with E-state index < -0.39 is 4.75 Å². The molecule has 2 aliphatic heterocycles. The maximum Gasteiger partial charge on any atom is 0.260 e. The van der Waals surface area contributed by atoms with Crippen molar-refractivity contribution in [2.75, 3.05) is 12.4 Å². The molecule has 4 nitrogen and oxygen atoms in total. The average Bonchev–Trinajstić information content (AvgIpc) is 2.80. The van der Waals surface area contributed by atoms with E-state index in [0.717, 1.165) is 37.9 Å². The molecule has 0 spiro atoms. The van der Waals surface area contributed by atoms with Gasteiger partial charge in [-0.15, -0.1) is 11.8 Å². The molecule has 0 aromatic heterocycles. The molecule has 2 aliphatic rings. The molecule has 29 heavy (non-hydrogen) atoms. The summed E-state index contributed by atoms with van der Waals surface area (Å²) in [5.41, 5.74) is 6.32. The summed E-state index contributed by atoms with van der Waals surface area (Å²) in [5, 5.41) is 0. The molecule has 1 amide bonds. The van der Waals surface area contributed by atoms with Crippen LogP contribution in [0.15, 0.2) is 54.6 Å². The van der Waals surface area contributed by atoms with Crippen LogP contribution in [0.4, 0.5) is 0 Å². The minimum absolute atomic E-state index is 0.0245. The summed E-state index contributed by atoms with van der Waals surface area (Å²) < 4.78 is 5.11. The first-order valence-electron chi connectivity index (χ1n) is 10.6. The minimum Gasteiger partial charge on any atom is -0.350 e. The van der Waals surface area contributed by atoms with Crippen LogP contribution in [-0.4, -0.2) is 29.3 Å². The number of carbonyl (C=O) groups is 1. The third-order valence-corrected chi connectivity index (χ3v) is 7.32. The SMILES string of the molecule is O=C(NOC1CCCCO1)C1(Cc2ccc(-c3ccccc3)cc2)CCCCS1. The Hall–Kier alpha value is -1.82. The van der Waals surface area contributed by atoms with E-state index in [0.29, 0.717) is 13.0 Å². The number of hydroxylamine groups is 1. The van der Waals surface area contributed by atoms with E-state index in [9.17, 15) is 4.79 Å². The molecule has 2 aromatic rings. The van der Waals surface area contributed by atoms with Gasteiger partial charge in [0.05, 0.1) is 0 Å². The van der Waals surface area contributed by atoms with E-state index in [1.807, 2.05) is 6.07 Å². The van der Waals surface area contributed by atoms with Gasteiger partial charge in [-0.2, -0.15) is 0 Å². The van der Waals surface area contributed by atoms with E-state index in [-0.39, 0.29) is 12.2 Å². The standard InChI is InChI=1S/C24H29NO3S/c26-23(25-28-22-10-4-6-16-27-22)24(15-5-7-17-29-24)18-19-11-13-21(14-12-19)20-8-2-1-3-9-20/h1-3,8-9,11-14,22H,4-7,10,15-18H2,(H,25,26). The van der Waals surface area contributed by atoms with Crippen molar-refractivity contribution in [2.45, 2.75) is 56.0 Å². The monoisotopic (exact) mass is 411 g/mol. The second-order valence-electron chi connectivity index (χ2n) is 7.88. The number of ether oxygens (including phenoxy) is 1. The summed E-state index contributed by atoms with van der Waals surface area (Å²) in [7, 11) is 0. The van der Waals surface area contributed by atoms with Gasteiger partial charge in [-0.05, 0) is 54.5 Å². The van der Waals surface area contributed by atoms with Crippen LogP contribution in [0, 0.1) is 0 Å². The van der Waals surface area contributed by atoms with E-state index in [1.54, 1.807) is 11.8 Å². The molecule has 0 aliphatic carbocycles. The molecule has 2 saturated heterocycles. The Kier molecular flexibility index (Phi) is 6.90. The van der Waals surface area contributed by atoms with Crippen LogP contribution in [0.25, 0.3) is 11.1 Å². The largest absolute Gasteiger partial charge is 0.350 e. The van der Waals surface area contributed by atoms with Gasteiger partial charge >= 0.3 is 0 Å². The van der Waals surface area contributed by atoms with Gasteiger partial charge in [0.2, 0.25) is 0 Å². The number of amides is 1. The smallest absolute Gasteiger partial charge is 0.260 e. The molecule has 5 heteroatoms. The first-order chi connectivity index (χ1) is 14.3. The maximum absolute atomic E-state index is 13.1. The lowest BCUT2D eigenvalue weighted by atomic mass is 9.91. The lowest BCUT2D eigenvalue weighted by Gasteiger charge is -2.35. The summed E-state index contributed by atoms with van der Waals surface area (Å²) in [6.07, 6.45) is 6.49. The Morgan fingerprint density at radius 3 is 2.52 bits per heavy atom. The van der Waals surface area contributed by atoms with Crippen molar-refractivity contribution in [1.82, 2.24) is 5.48 Å². The van der Waals surface area contributed by atoms with Crippen LogP contribution in [0.5, 0.6) is 0 Å². The summed E-state index contributed by atoms with van der Waals surface area (Å²) in [5.74, 6) is 0.985. The summed E-state index contributed by atoms with van der Waals surface area (Å²) in [4.78, 5) is 18.7. The van der Waals surface area contributed by atoms with Gasteiger partial charge in [0, 0.05) is 13.0 Å². The molecule has 2 heterocycles. The zero-order valence-corrected chi connectivity index (χ0v) is 17.6. The van der Waals surface area contributed by atoms with Crippen molar-refractivity contribution in [3.63, 3.8) is 0 Å². The number of rotatable bonds is 6. The number of nitrogens with one attached hydrogen (secondary N) is 1. The van der Waals surface area contributed by atoms with Crippen molar-refractivity contribution in [3.05, 3.63) is 60.2 Å². The molecule has 154 valence electrons. The molecule has 1 N–H and O–H groups in total. The topological polar surface area (TPSA) is 47.6 Å². The van der Waals surface area contributed by atoms with Crippen LogP contribution >= 0.6 is 11.8 Å². The van der Waals surface area contributed by atoms with E-state index in [2.05, 4.69) is 54.0 Å². The zero-order valence-electron chi connectivity index (χ0n) is 16.8. The van der Waals surface area contributed by atoms with Gasteiger partial charge in [0.1, 0.15) is 4.75 Å². The fraction of sp³-hybridized carbons (Fsp3) is 0.458. The highest BCUT2D eigenvalue weighted by Crippen LogP contribution is 2.40. The second kappa shape index (κ2) is 9.79. The number of benzene rings is 2. The molecule has 0 saturated carbocycles. The van der Waals surface area contributed by atoms with Crippen LogP contribution < -0.4 is 5.48 Å². The number of hydrogen-bond acceptors (Lipinski definition) is 4. The molecule has 2 unspecified atom stereocenters. The molecular formula is C24H29NO3S. The van der Waals surface area contributed by atoms with Crippen molar-refractivity contribution < 1.29 is 14.4 Å². The van der Waals surface area contributed by atoms with Crippen LogP contribution in [0.3, 0.4) is 0 Å². The van der Waals surface area contributed by atoms with Gasteiger partial charge in [0.25, 0.3) is 5.91 Å². The van der Waals surface area contributed by atoms with Crippen molar-refractivity contribution in [3.8, 4) is 11.1 Å². The number of thioether (sulfide) groups is 1. The molecule has 4 rings (SSSR count). The number of hydrogen-bond donors (Lipinski definition) is 1. The van der Waals surface area contributed by atoms with Crippen molar-refractivity contribution >= 4 is 17.7 Å². The second-order valence-corrected chi connectivity index (χ2v) is 9.36. The lowest BCUT2D eigenvalue weighted by Crippen LogP contribution is -2.48. The molecular weight excluding hydrogens is 382 g/mol. The van der Waals surface area contributed by atoms with Gasteiger partial charge in [-0.3, -0.25) is 4.79 Å². The van der Waals surface area contributed by atoms with Crippen molar-refractivity contribution in [2.24, 2.45) is 0 Å². The minimum atomic E-state index is -0.471. The Bertz CT molecular complexity index is 782. The normalized spacial score (nSPS) is 24.8. The van der Waals surface area contributed by atoms with Gasteiger partial charge in [-0.1, -0.05) is 61.0 Å². The Morgan fingerprint density at radius 1 is 1.03 bits per heavy atom. The highest BCUT2D eigenvalue weighted by molar-refractivity contribution is 8.01. The molecule has 2 aromatic carbocycles. The van der Waals surface area contributed by atoms with Gasteiger partial charge < -0.3 is 4.74 Å². The van der Waals surface area contributed by atoms with Crippen LogP contribution in [0.2, 0.25) is 0 Å². The maximum atomic E-state index is 13.1. The predicted molar refractivity (Wildman–Crippen MR) is 117 cm³/mol. The van der Waals surface area contributed by atoms with Gasteiger partial charge in [0.15, 0.2) is 6.29 Å². The van der Waals surface area contributed by atoms with E-state index in [1.165, 1.54) is 23.1 Å². The van der Waals surface area contributed by atoms with E-state index in [4.69, 9.17) is 9.57 Å². The zero-order chi connectivity index (χ0) is 19.9. The summed E-state index contributed by atoms with van der Waals surface area (Å²) in [6, 6.07) is 19.0. The molecule has 0 radical (unpaired) electrons. The fourth-order valence-electron chi connectivity index (χ4n) is 4.04. The quantitative estimate of drug-likeness (QED) is 0.670. The highest BCUT2D eigenvalue weighted by Gasteiger charge is 2.41. The predicted octanol–water partition coefficient (Wildman–Crippen LogP) is 5.13. The van der Waals surface area contributed by atoms with Crippen molar-refractivity contribution in [1.29, 1.82) is 0 Å². The molecule has 2 fully saturated rings. The lowest BCUT2D eigenvalue weighted by molar-refractivity contribution is -0.201.